The molecule has 1 heterocycles. The lowest BCUT2D eigenvalue weighted by molar-refractivity contribution is 0.210. The maximum Gasteiger partial charge on any atom is 0.294 e. The van der Waals surface area contributed by atoms with Gasteiger partial charge in [0.15, 0.2) is 11.5 Å². The lowest BCUT2D eigenvalue weighted by Crippen LogP contribution is -2.13. The Balaban J connectivity index is 2.06. The molecule has 0 spiro atoms. The molecular weight excluding hydrogens is 412 g/mol. The molecule has 0 unspecified atom stereocenters. The maximum absolute atomic E-state index is 13.0. The molecule has 0 amide bonds. The van der Waals surface area contributed by atoms with Gasteiger partial charge in [0.1, 0.15) is 22.5 Å². The zero-order valence-electron chi connectivity index (χ0n) is 19.6. The molecule has 0 atom stereocenters. The van der Waals surface area contributed by atoms with Gasteiger partial charge in [-0.25, -0.2) is 0 Å². The Morgan fingerprint density at radius 2 is 1.34 bits per heavy atom. The van der Waals surface area contributed by atoms with Gasteiger partial charge in [0.25, 0.3) is 5.95 Å². The van der Waals surface area contributed by atoms with E-state index in [-0.39, 0.29) is 46.4 Å². The van der Waals surface area contributed by atoms with Gasteiger partial charge < -0.3 is 28.1 Å². The predicted molar refractivity (Wildman–Crippen MR) is 123 cm³/mol. The summed E-state index contributed by atoms with van der Waals surface area (Å²) < 4.78 is 34.7. The molecule has 172 valence electrons. The first-order chi connectivity index (χ1) is 15.2. The SMILES string of the molecule is COc1c(OC(C)C)cc2oc(Oc3ccc(OC(C)C)cc3)cc(=O)c2c1OC(C)C. The van der Waals surface area contributed by atoms with Crippen LogP contribution in [0.3, 0.4) is 0 Å². The molecule has 0 aliphatic rings. The Morgan fingerprint density at radius 1 is 0.750 bits per heavy atom. The lowest BCUT2D eigenvalue weighted by Gasteiger charge is -2.20. The van der Waals surface area contributed by atoms with E-state index in [0.29, 0.717) is 17.2 Å². The summed E-state index contributed by atoms with van der Waals surface area (Å²) in [4.78, 5) is 13.0. The van der Waals surface area contributed by atoms with Crippen molar-refractivity contribution in [2.75, 3.05) is 7.11 Å². The third-order valence-electron chi connectivity index (χ3n) is 4.21. The van der Waals surface area contributed by atoms with Crippen LogP contribution in [-0.2, 0) is 0 Å². The van der Waals surface area contributed by atoms with E-state index in [1.165, 1.54) is 13.2 Å². The molecule has 0 N–H and O–H groups in total. The minimum atomic E-state index is -0.314. The Morgan fingerprint density at radius 3 is 1.91 bits per heavy atom. The van der Waals surface area contributed by atoms with Gasteiger partial charge in [-0.2, -0.15) is 0 Å². The highest BCUT2D eigenvalue weighted by molar-refractivity contribution is 5.89. The Kier molecular flexibility index (Phi) is 7.18. The number of benzene rings is 2. The first-order valence-corrected chi connectivity index (χ1v) is 10.6. The van der Waals surface area contributed by atoms with E-state index in [2.05, 4.69) is 0 Å². The van der Waals surface area contributed by atoms with Crippen LogP contribution in [0.5, 0.6) is 34.7 Å². The Bertz CT molecular complexity index is 1110. The van der Waals surface area contributed by atoms with Gasteiger partial charge in [0.2, 0.25) is 11.2 Å². The molecule has 7 nitrogen and oxygen atoms in total. The van der Waals surface area contributed by atoms with E-state index < -0.39 is 0 Å². The molecule has 3 aromatic rings. The molecule has 0 aliphatic heterocycles. The van der Waals surface area contributed by atoms with Crippen molar-refractivity contribution in [2.45, 2.75) is 59.9 Å². The van der Waals surface area contributed by atoms with Crippen molar-refractivity contribution in [2.24, 2.45) is 0 Å². The molecular formula is C25H30O7. The van der Waals surface area contributed by atoms with Gasteiger partial charge >= 0.3 is 0 Å². The molecule has 2 aromatic carbocycles. The standard InChI is InChI=1S/C25H30O7/c1-14(2)28-17-8-10-18(11-9-17)31-22-12-19(26)23-20(32-22)13-21(29-15(3)4)24(27-7)25(23)30-16(5)6/h8-16H,1-7H3. The number of hydrogen-bond donors (Lipinski definition) is 0. The zero-order chi connectivity index (χ0) is 23.4. The Hall–Kier alpha value is -3.35. The Labute approximate surface area is 187 Å². The van der Waals surface area contributed by atoms with E-state index in [0.717, 1.165) is 5.75 Å². The van der Waals surface area contributed by atoms with Crippen molar-refractivity contribution in [3.8, 4) is 34.7 Å². The van der Waals surface area contributed by atoms with Gasteiger partial charge in [-0.1, -0.05) is 0 Å². The second kappa shape index (κ2) is 9.85. The van der Waals surface area contributed by atoms with Crippen LogP contribution in [0.15, 0.2) is 45.6 Å². The first kappa shape index (κ1) is 23.3. The maximum atomic E-state index is 13.0. The van der Waals surface area contributed by atoms with Crippen LogP contribution in [0, 0.1) is 0 Å². The van der Waals surface area contributed by atoms with Gasteiger partial charge in [0.05, 0.1) is 31.5 Å². The van der Waals surface area contributed by atoms with Crippen molar-refractivity contribution in [3.05, 3.63) is 46.6 Å². The van der Waals surface area contributed by atoms with E-state index >= 15 is 0 Å². The van der Waals surface area contributed by atoms with Crippen LogP contribution in [0.4, 0.5) is 0 Å². The third-order valence-corrected chi connectivity index (χ3v) is 4.21. The lowest BCUT2D eigenvalue weighted by atomic mass is 10.1. The normalized spacial score (nSPS) is 11.3. The van der Waals surface area contributed by atoms with E-state index in [4.69, 9.17) is 28.1 Å². The fourth-order valence-electron chi connectivity index (χ4n) is 3.13. The van der Waals surface area contributed by atoms with Crippen LogP contribution in [0.25, 0.3) is 11.0 Å². The molecule has 32 heavy (non-hydrogen) atoms. The smallest absolute Gasteiger partial charge is 0.294 e. The average molecular weight is 443 g/mol. The molecule has 3 rings (SSSR count). The van der Waals surface area contributed by atoms with Gasteiger partial charge in [-0.15, -0.1) is 0 Å². The average Bonchev–Trinajstić information content (AvgIpc) is 2.68. The van der Waals surface area contributed by atoms with Crippen molar-refractivity contribution in [1.82, 2.24) is 0 Å². The molecule has 7 heteroatoms. The molecule has 0 aliphatic carbocycles. The third kappa shape index (κ3) is 5.46. The van der Waals surface area contributed by atoms with Crippen LogP contribution < -0.4 is 29.1 Å². The second-order valence-corrected chi connectivity index (χ2v) is 8.11. The summed E-state index contributed by atoms with van der Waals surface area (Å²) in [5.41, 5.74) is -0.0366. The second-order valence-electron chi connectivity index (χ2n) is 8.11. The minimum absolute atomic E-state index is 0.0520. The highest BCUT2D eigenvalue weighted by Gasteiger charge is 2.23. The number of fused-ring (bicyclic) bond motifs is 1. The highest BCUT2D eigenvalue weighted by Crippen LogP contribution is 2.44. The largest absolute Gasteiger partial charge is 0.491 e. The summed E-state index contributed by atoms with van der Waals surface area (Å²) in [5, 5.41) is 0.264. The minimum Gasteiger partial charge on any atom is -0.491 e. The highest BCUT2D eigenvalue weighted by atomic mass is 16.6. The fraction of sp³-hybridized carbons (Fsp3) is 0.400. The quantitative estimate of drug-likeness (QED) is 0.405. The van der Waals surface area contributed by atoms with Crippen molar-refractivity contribution < 1.29 is 28.1 Å². The predicted octanol–water partition coefficient (Wildman–Crippen LogP) is 5.96. The van der Waals surface area contributed by atoms with Gasteiger partial charge in [0, 0.05) is 6.07 Å². The molecule has 0 fully saturated rings. The summed E-state index contributed by atoms with van der Waals surface area (Å²) in [6.45, 7) is 11.4. The summed E-state index contributed by atoms with van der Waals surface area (Å²) in [6.07, 6.45) is -0.240. The van der Waals surface area contributed by atoms with Gasteiger partial charge in [-0.3, -0.25) is 4.79 Å². The summed E-state index contributed by atoms with van der Waals surface area (Å²) in [7, 11) is 1.51. The zero-order valence-corrected chi connectivity index (χ0v) is 19.6. The van der Waals surface area contributed by atoms with Gasteiger partial charge in [-0.05, 0) is 65.8 Å². The molecule has 0 saturated heterocycles. The number of hydrogen-bond acceptors (Lipinski definition) is 7. The summed E-state index contributed by atoms with van der Waals surface area (Å²) in [6, 6.07) is 9.99. The van der Waals surface area contributed by atoms with E-state index in [9.17, 15) is 4.79 Å². The number of rotatable bonds is 9. The summed E-state index contributed by atoms with van der Waals surface area (Å²) in [5.74, 6) is 2.34. The van der Waals surface area contributed by atoms with Crippen LogP contribution in [-0.4, -0.2) is 25.4 Å². The number of ether oxygens (including phenoxy) is 5. The molecule has 0 saturated carbocycles. The summed E-state index contributed by atoms with van der Waals surface area (Å²) >= 11 is 0. The first-order valence-electron chi connectivity index (χ1n) is 10.6. The number of methoxy groups -OCH3 is 1. The molecule has 1 aromatic heterocycles. The van der Waals surface area contributed by atoms with Crippen molar-refractivity contribution >= 4 is 11.0 Å². The van der Waals surface area contributed by atoms with Crippen LogP contribution in [0.2, 0.25) is 0 Å². The van der Waals surface area contributed by atoms with Crippen LogP contribution in [0.1, 0.15) is 41.5 Å². The van der Waals surface area contributed by atoms with Crippen molar-refractivity contribution in [1.29, 1.82) is 0 Å². The van der Waals surface area contributed by atoms with Crippen LogP contribution >= 0.6 is 0 Å². The van der Waals surface area contributed by atoms with Crippen molar-refractivity contribution in [3.63, 3.8) is 0 Å². The monoisotopic (exact) mass is 442 g/mol. The fourth-order valence-corrected chi connectivity index (χ4v) is 3.13. The van der Waals surface area contributed by atoms with E-state index in [1.807, 2.05) is 41.5 Å². The topological polar surface area (TPSA) is 76.4 Å². The van der Waals surface area contributed by atoms with E-state index in [1.54, 1.807) is 30.3 Å². The molecule has 0 radical (unpaired) electrons. The molecule has 0 bridgehead atoms.